The largest absolute Gasteiger partial charge is 0.401 e. The first-order valence-electron chi connectivity index (χ1n) is 8.93. The minimum atomic E-state index is -4.10. The first-order valence-corrected chi connectivity index (χ1v) is 9.75. The van der Waals surface area contributed by atoms with Crippen LogP contribution in [-0.4, -0.2) is 55.2 Å². The van der Waals surface area contributed by atoms with Crippen molar-refractivity contribution in [2.24, 2.45) is 10.9 Å². The van der Waals surface area contributed by atoms with Crippen LogP contribution in [-0.2, 0) is 6.54 Å². The van der Waals surface area contributed by atoms with Crippen LogP contribution in [0, 0.1) is 19.8 Å². The topological polar surface area (TPSA) is 52.6 Å². The summed E-state index contributed by atoms with van der Waals surface area (Å²) in [7, 11) is 1.73. The smallest absolute Gasteiger partial charge is 0.356 e. The first-order chi connectivity index (χ1) is 12.3. The molecule has 0 aliphatic carbocycles. The molecule has 0 atom stereocenters. The van der Waals surface area contributed by atoms with E-state index in [1.54, 1.807) is 18.4 Å². The van der Waals surface area contributed by atoms with Crippen molar-refractivity contribution in [2.75, 3.05) is 33.2 Å². The van der Waals surface area contributed by atoms with Crippen molar-refractivity contribution >= 4 is 17.3 Å². The highest BCUT2D eigenvalue weighted by molar-refractivity contribution is 7.11. The Morgan fingerprint density at radius 1 is 1.27 bits per heavy atom. The van der Waals surface area contributed by atoms with Gasteiger partial charge in [-0.25, -0.2) is 4.98 Å². The number of rotatable bonds is 6. The minimum Gasteiger partial charge on any atom is -0.356 e. The van der Waals surface area contributed by atoms with Gasteiger partial charge in [0.25, 0.3) is 0 Å². The third kappa shape index (κ3) is 7.11. The Bertz CT molecular complexity index is 572. The van der Waals surface area contributed by atoms with Gasteiger partial charge in [-0.2, -0.15) is 13.2 Å². The highest BCUT2D eigenvalue weighted by Crippen LogP contribution is 2.24. The molecule has 0 unspecified atom stereocenters. The van der Waals surface area contributed by atoms with E-state index in [2.05, 4.69) is 27.5 Å². The molecule has 2 N–H and O–H groups in total. The van der Waals surface area contributed by atoms with Crippen molar-refractivity contribution in [1.29, 1.82) is 0 Å². The van der Waals surface area contributed by atoms with E-state index >= 15 is 0 Å². The number of guanidine groups is 1. The van der Waals surface area contributed by atoms with E-state index in [9.17, 15) is 13.2 Å². The molecule has 0 amide bonds. The van der Waals surface area contributed by atoms with Gasteiger partial charge >= 0.3 is 6.18 Å². The van der Waals surface area contributed by atoms with Gasteiger partial charge in [0, 0.05) is 18.5 Å². The van der Waals surface area contributed by atoms with E-state index in [4.69, 9.17) is 0 Å². The van der Waals surface area contributed by atoms with E-state index < -0.39 is 12.7 Å². The molecule has 5 nitrogen and oxygen atoms in total. The van der Waals surface area contributed by atoms with Crippen LogP contribution in [0.15, 0.2) is 4.99 Å². The third-order valence-electron chi connectivity index (χ3n) is 4.66. The molecule has 26 heavy (non-hydrogen) atoms. The predicted molar refractivity (Wildman–Crippen MR) is 99.6 cm³/mol. The maximum Gasteiger partial charge on any atom is 0.401 e. The molecule has 1 aromatic heterocycles. The quantitative estimate of drug-likeness (QED) is 0.578. The van der Waals surface area contributed by atoms with E-state index in [1.165, 1.54) is 9.78 Å². The second-order valence-electron chi connectivity index (χ2n) is 6.73. The number of aromatic nitrogens is 1. The number of nitrogens with zero attached hydrogens (tertiary/aromatic N) is 3. The molecule has 0 spiro atoms. The molecule has 9 heteroatoms. The molecule has 1 aliphatic heterocycles. The van der Waals surface area contributed by atoms with Crippen LogP contribution in [0.3, 0.4) is 0 Å². The van der Waals surface area contributed by atoms with Gasteiger partial charge in [-0.1, -0.05) is 0 Å². The zero-order chi connectivity index (χ0) is 19.2. The van der Waals surface area contributed by atoms with Crippen molar-refractivity contribution in [3.8, 4) is 0 Å². The zero-order valence-electron chi connectivity index (χ0n) is 15.6. The van der Waals surface area contributed by atoms with Crippen molar-refractivity contribution < 1.29 is 13.2 Å². The number of nitrogens with one attached hydrogen (secondary N) is 2. The molecule has 1 aliphatic rings. The van der Waals surface area contributed by atoms with Gasteiger partial charge in [0.2, 0.25) is 0 Å². The van der Waals surface area contributed by atoms with Crippen LogP contribution in [0.1, 0.15) is 34.8 Å². The summed E-state index contributed by atoms with van der Waals surface area (Å²) in [6, 6.07) is 0. The summed E-state index contributed by atoms with van der Waals surface area (Å²) in [6.45, 7) is 5.73. The summed E-state index contributed by atoms with van der Waals surface area (Å²) in [4.78, 5) is 11.4. The maximum absolute atomic E-state index is 12.4. The Morgan fingerprint density at radius 2 is 1.96 bits per heavy atom. The lowest BCUT2D eigenvalue weighted by molar-refractivity contribution is -0.148. The normalized spacial score (nSPS) is 17.5. The highest BCUT2D eigenvalue weighted by atomic mass is 32.1. The lowest BCUT2D eigenvalue weighted by Gasteiger charge is -2.32. The Balaban J connectivity index is 1.64. The Labute approximate surface area is 157 Å². The van der Waals surface area contributed by atoms with Crippen LogP contribution in [0.4, 0.5) is 13.2 Å². The number of hydrogen-bond donors (Lipinski definition) is 2. The summed E-state index contributed by atoms with van der Waals surface area (Å²) in [5, 5.41) is 7.56. The van der Waals surface area contributed by atoms with E-state index in [0.717, 1.165) is 42.5 Å². The maximum atomic E-state index is 12.4. The molecule has 0 bridgehead atoms. The lowest BCUT2D eigenvalue weighted by atomic mass is 9.93. The minimum absolute atomic E-state index is 0.467. The van der Waals surface area contributed by atoms with Crippen LogP contribution in [0.5, 0.6) is 0 Å². The monoisotopic (exact) mass is 391 g/mol. The molecular formula is C17H28F3N5S. The SMILES string of the molecule is CN=C(NCCC1CCN(CC(F)(F)F)CC1)NCc1nc(C)c(C)s1. The van der Waals surface area contributed by atoms with Gasteiger partial charge in [0.1, 0.15) is 5.01 Å². The Hall–Kier alpha value is -1.35. The van der Waals surface area contributed by atoms with Crippen molar-refractivity contribution in [2.45, 2.75) is 45.8 Å². The van der Waals surface area contributed by atoms with Crippen LogP contribution < -0.4 is 10.6 Å². The molecule has 0 aromatic carbocycles. The summed E-state index contributed by atoms with van der Waals surface area (Å²) in [6.07, 6.45) is -1.51. The van der Waals surface area contributed by atoms with Gasteiger partial charge in [-0.15, -0.1) is 11.3 Å². The van der Waals surface area contributed by atoms with Gasteiger partial charge in [-0.3, -0.25) is 9.89 Å². The van der Waals surface area contributed by atoms with Gasteiger partial charge < -0.3 is 10.6 Å². The number of alkyl halides is 3. The molecule has 0 radical (unpaired) electrons. The molecule has 1 aromatic rings. The molecule has 1 fully saturated rings. The fraction of sp³-hybridized carbons (Fsp3) is 0.765. The molecule has 0 saturated carbocycles. The molecule has 2 heterocycles. The number of hydrogen-bond acceptors (Lipinski definition) is 4. The van der Waals surface area contributed by atoms with Gasteiger partial charge in [-0.05, 0) is 52.1 Å². The van der Waals surface area contributed by atoms with E-state index in [1.807, 2.05) is 6.92 Å². The fourth-order valence-electron chi connectivity index (χ4n) is 3.08. The predicted octanol–water partition coefficient (Wildman–Crippen LogP) is 3.09. The summed E-state index contributed by atoms with van der Waals surface area (Å²) >= 11 is 1.68. The number of piperidine rings is 1. The van der Waals surface area contributed by atoms with Crippen LogP contribution >= 0.6 is 11.3 Å². The number of halogens is 3. The number of thiazole rings is 1. The van der Waals surface area contributed by atoms with Crippen molar-refractivity contribution in [3.05, 3.63) is 15.6 Å². The average Bonchev–Trinajstić information content (AvgIpc) is 2.89. The molecule has 1 saturated heterocycles. The zero-order valence-corrected chi connectivity index (χ0v) is 16.4. The highest BCUT2D eigenvalue weighted by Gasteiger charge is 2.32. The second kappa shape index (κ2) is 9.55. The number of likely N-dealkylation sites (tertiary alicyclic amines) is 1. The molecule has 148 valence electrons. The van der Waals surface area contributed by atoms with Crippen molar-refractivity contribution in [1.82, 2.24) is 20.5 Å². The summed E-state index contributed by atoms with van der Waals surface area (Å²) in [5.74, 6) is 1.19. The average molecular weight is 392 g/mol. The van der Waals surface area contributed by atoms with Crippen LogP contribution in [0.2, 0.25) is 0 Å². The fourth-order valence-corrected chi connectivity index (χ4v) is 3.95. The van der Waals surface area contributed by atoms with E-state index in [-0.39, 0.29) is 0 Å². The summed E-state index contributed by atoms with van der Waals surface area (Å²) < 4.78 is 37.2. The van der Waals surface area contributed by atoms with Gasteiger partial charge in [0.15, 0.2) is 5.96 Å². The second-order valence-corrected chi connectivity index (χ2v) is 8.01. The lowest BCUT2D eigenvalue weighted by Crippen LogP contribution is -2.41. The van der Waals surface area contributed by atoms with Gasteiger partial charge in [0.05, 0.1) is 18.8 Å². The van der Waals surface area contributed by atoms with E-state index in [0.29, 0.717) is 25.6 Å². The summed E-state index contributed by atoms with van der Waals surface area (Å²) in [5.41, 5.74) is 1.06. The van der Waals surface area contributed by atoms with Crippen molar-refractivity contribution in [3.63, 3.8) is 0 Å². The standard InChI is InChI=1S/C17H28F3N5S/c1-12-13(2)26-15(24-12)10-23-16(21-3)22-7-4-14-5-8-25(9-6-14)11-17(18,19)20/h14H,4-11H2,1-3H3,(H2,21,22,23). The third-order valence-corrected chi connectivity index (χ3v) is 5.73. The molecule has 2 rings (SSSR count). The molecular weight excluding hydrogens is 363 g/mol. The number of aryl methyl sites for hydroxylation is 2. The Morgan fingerprint density at radius 3 is 2.50 bits per heavy atom. The Kier molecular flexibility index (Phi) is 7.69. The first kappa shape index (κ1) is 21.0. The number of aliphatic imine (C=N–C) groups is 1. The van der Waals surface area contributed by atoms with Crippen LogP contribution in [0.25, 0.3) is 0 Å².